The Bertz CT molecular complexity index is 1070. The van der Waals surface area contributed by atoms with Gasteiger partial charge in [-0.1, -0.05) is 41.9 Å². The second-order valence-corrected chi connectivity index (χ2v) is 7.57. The van der Waals surface area contributed by atoms with Crippen molar-refractivity contribution in [3.63, 3.8) is 0 Å². The van der Waals surface area contributed by atoms with E-state index >= 15 is 0 Å². The molecule has 0 N–H and O–H groups in total. The molecule has 0 spiro atoms. The van der Waals surface area contributed by atoms with Crippen LogP contribution in [0.2, 0.25) is 5.15 Å². The normalized spacial score (nSPS) is 10.8. The van der Waals surface area contributed by atoms with Crippen molar-refractivity contribution in [1.29, 1.82) is 5.26 Å². The molecule has 0 radical (unpaired) electrons. The first-order valence-corrected chi connectivity index (χ1v) is 9.47. The number of rotatable bonds is 5. The molecule has 1 aromatic carbocycles. The van der Waals surface area contributed by atoms with Crippen LogP contribution in [0.3, 0.4) is 0 Å². The number of aromatic nitrogens is 4. The smallest absolute Gasteiger partial charge is 0.200 e. The monoisotopic (exact) mass is 399 g/mol. The van der Waals surface area contributed by atoms with Gasteiger partial charge in [-0.3, -0.25) is 4.57 Å². The van der Waals surface area contributed by atoms with Crippen LogP contribution in [0.25, 0.3) is 11.6 Å². The molecule has 3 aromatic heterocycles. The van der Waals surface area contributed by atoms with Gasteiger partial charge in [-0.2, -0.15) is 9.64 Å². The first kappa shape index (κ1) is 16.8. The second-order valence-electron chi connectivity index (χ2n) is 5.20. The molecule has 0 saturated heterocycles. The minimum absolute atomic E-state index is 0.209. The average molecular weight is 400 g/mol. The summed E-state index contributed by atoms with van der Waals surface area (Å²) in [4.78, 5) is 0. The average Bonchev–Trinajstić information content (AvgIpc) is 3.38. The Morgan fingerprint density at radius 1 is 1.19 bits per heavy atom. The first-order chi connectivity index (χ1) is 12.8. The molecule has 6 nitrogen and oxygen atoms in total. The Balaban J connectivity index is 1.76. The van der Waals surface area contributed by atoms with Gasteiger partial charge in [0.2, 0.25) is 5.82 Å². The van der Waals surface area contributed by atoms with E-state index in [0.29, 0.717) is 33.1 Å². The van der Waals surface area contributed by atoms with Gasteiger partial charge >= 0.3 is 0 Å². The van der Waals surface area contributed by atoms with Gasteiger partial charge in [-0.05, 0) is 41.0 Å². The summed E-state index contributed by atoms with van der Waals surface area (Å²) in [5.74, 6) is 1.25. The van der Waals surface area contributed by atoms with Crippen LogP contribution in [0, 0.1) is 11.3 Å². The highest BCUT2D eigenvalue weighted by Crippen LogP contribution is 2.37. The second kappa shape index (κ2) is 7.33. The predicted molar refractivity (Wildman–Crippen MR) is 99.2 cm³/mol. The number of furan rings is 1. The van der Waals surface area contributed by atoms with E-state index in [0.717, 1.165) is 5.56 Å². The molecular formula is C17H10ClN5OS2. The molecule has 4 rings (SSSR count). The van der Waals surface area contributed by atoms with Crippen molar-refractivity contribution in [2.45, 2.75) is 15.9 Å². The molecule has 0 fully saturated rings. The number of hydrogen-bond donors (Lipinski definition) is 0. The molecule has 0 atom stereocenters. The standard InChI is InChI=1S/C17H10ClN5OS2/c18-14-12(9-19)16(26-22-14)25-17-21-20-15(13-7-4-8-24-13)23(17)10-11-5-2-1-3-6-11/h1-8H,10H2. The largest absolute Gasteiger partial charge is 0.461 e. The van der Waals surface area contributed by atoms with Gasteiger partial charge < -0.3 is 4.42 Å². The van der Waals surface area contributed by atoms with Crippen LogP contribution in [-0.2, 0) is 6.54 Å². The summed E-state index contributed by atoms with van der Waals surface area (Å²) in [5, 5.41) is 18.7. The molecule has 4 aromatic rings. The van der Waals surface area contributed by atoms with E-state index in [1.165, 1.54) is 23.3 Å². The van der Waals surface area contributed by atoms with Crippen molar-refractivity contribution in [2.75, 3.05) is 0 Å². The minimum atomic E-state index is 0.209. The van der Waals surface area contributed by atoms with Crippen LogP contribution in [0.15, 0.2) is 62.5 Å². The van der Waals surface area contributed by atoms with Gasteiger partial charge in [-0.25, -0.2) is 0 Å². The van der Waals surface area contributed by atoms with Crippen molar-refractivity contribution in [3.05, 3.63) is 65.0 Å². The molecular weight excluding hydrogens is 390 g/mol. The summed E-state index contributed by atoms with van der Waals surface area (Å²) in [6, 6.07) is 15.7. The van der Waals surface area contributed by atoms with Crippen LogP contribution in [-0.4, -0.2) is 19.1 Å². The SMILES string of the molecule is N#Cc1c(Cl)nsc1Sc1nnc(-c2ccco2)n1Cc1ccccc1. The third-order valence-electron chi connectivity index (χ3n) is 3.56. The Kier molecular flexibility index (Phi) is 4.75. The van der Waals surface area contributed by atoms with E-state index in [1.807, 2.05) is 41.0 Å². The summed E-state index contributed by atoms with van der Waals surface area (Å²) in [5.41, 5.74) is 1.46. The zero-order valence-electron chi connectivity index (χ0n) is 13.2. The van der Waals surface area contributed by atoms with Crippen molar-refractivity contribution >= 4 is 34.9 Å². The third-order valence-corrected chi connectivity index (χ3v) is 5.92. The Hall–Kier alpha value is -2.60. The van der Waals surface area contributed by atoms with E-state index in [9.17, 15) is 5.26 Å². The lowest BCUT2D eigenvalue weighted by Crippen LogP contribution is -2.03. The molecule has 9 heteroatoms. The van der Waals surface area contributed by atoms with Gasteiger partial charge in [0.05, 0.1) is 12.8 Å². The van der Waals surface area contributed by atoms with Crippen LogP contribution < -0.4 is 0 Å². The maximum Gasteiger partial charge on any atom is 0.200 e. The summed E-state index contributed by atoms with van der Waals surface area (Å²) in [6.45, 7) is 0.570. The molecule has 0 aliphatic carbocycles. The molecule has 3 heterocycles. The summed E-state index contributed by atoms with van der Waals surface area (Å²) in [6.07, 6.45) is 1.60. The predicted octanol–water partition coefficient (Wildman–Crippen LogP) is 4.72. The van der Waals surface area contributed by atoms with Crippen LogP contribution in [0.1, 0.15) is 11.1 Å². The number of benzene rings is 1. The molecule has 128 valence electrons. The van der Waals surface area contributed by atoms with E-state index in [4.69, 9.17) is 16.0 Å². The molecule has 0 aliphatic heterocycles. The zero-order chi connectivity index (χ0) is 17.9. The Labute approximate surface area is 162 Å². The highest BCUT2D eigenvalue weighted by molar-refractivity contribution is 8.01. The lowest BCUT2D eigenvalue weighted by atomic mass is 10.2. The quantitative estimate of drug-likeness (QED) is 0.483. The fourth-order valence-electron chi connectivity index (χ4n) is 2.36. The highest BCUT2D eigenvalue weighted by atomic mass is 35.5. The molecule has 0 amide bonds. The number of nitriles is 1. The molecule has 0 aliphatic rings. The van der Waals surface area contributed by atoms with E-state index < -0.39 is 0 Å². The molecule has 0 bridgehead atoms. The van der Waals surface area contributed by atoms with Gasteiger partial charge in [0.25, 0.3) is 0 Å². The van der Waals surface area contributed by atoms with Crippen molar-refractivity contribution < 1.29 is 4.42 Å². The van der Waals surface area contributed by atoms with Crippen molar-refractivity contribution in [2.24, 2.45) is 0 Å². The zero-order valence-corrected chi connectivity index (χ0v) is 15.6. The van der Waals surface area contributed by atoms with Crippen molar-refractivity contribution in [3.8, 4) is 17.7 Å². The number of hydrogen-bond acceptors (Lipinski definition) is 7. The van der Waals surface area contributed by atoms with E-state index in [-0.39, 0.29) is 5.15 Å². The number of nitrogens with zero attached hydrogens (tertiary/aromatic N) is 5. The maximum atomic E-state index is 9.29. The van der Waals surface area contributed by atoms with Gasteiger partial charge in [0, 0.05) is 0 Å². The highest BCUT2D eigenvalue weighted by Gasteiger charge is 2.20. The van der Waals surface area contributed by atoms with Gasteiger partial charge in [0.1, 0.15) is 15.8 Å². The summed E-state index contributed by atoms with van der Waals surface area (Å²) < 4.78 is 12.2. The lowest BCUT2D eigenvalue weighted by molar-refractivity contribution is 0.569. The van der Waals surface area contributed by atoms with Crippen molar-refractivity contribution in [1.82, 2.24) is 19.1 Å². The first-order valence-electron chi connectivity index (χ1n) is 7.50. The molecule has 0 saturated carbocycles. The molecule has 0 unspecified atom stereocenters. The van der Waals surface area contributed by atoms with Crippen LogP contribution in [0.4, 0.5) is 0 Å². The maximum absolute atomic E-state index is 9.29. The van der Waals surface area contributed by atoms with Gasteiger partial charge in [0.15, 0.2) is 16.1 Å². The van der Waals surface area contributed by atoms with Gasteiger partial charge in [-0.15, -0.1) is 10.2 Å². The summed E-state index contributed by atoms with van der Waals surface area (Å²) in [7, 11) is 0. The number of halogens is 1. The van der Waals surface area contributed by atoms with Crippen LogP contribution in [0.5, 0.6) is 0 Å². The fourth-order valence-corrected chi connectivity index (χ4v) is 4.44. The molecule has 26 heavy (non-hydrogen) atoms. The summed E-state index contributed by atoms with van der Waals surface area (Å²) >= 11 is 8.46. The lowest BCUT2D eigenvalue weighted by Gasteiger charge is -2.08. The minimum Gasteiger partial charge on any atom is -0.461 e. The Morgan fingerprint density at radius 2 is 2.04 bits per heavy atom. The third kappa shape index (κ3) is 3.24. The van der Waals surface area contributed by atoms with E-state index in [2.05, 4.69) is 20.6 Å². The fraction of sp³-hybridized carbons (Fsp3) is 0.0588. The Morgan fingerprint density at radius 3 is 2.77 bits per heavy atom. The topological polar surface area (TPSA) is 80.5 Å². The van der Waals surface area contributed by atoms with E-state index in [1.54, 1.807) is 12.3 Å². The van der Waals surface area contributed by atoms with Crippen LogP contribution >= 0.6 is 34.9 Å².